The number of carboxylic acid groups (broad SMARTS) is 1. The summed E-state index contributed by atoms with van der Waals surface area (Å²) in [6, 6.07) is 5.47. The number of morpholine rings is 1. The molecule has 2 aliphatic heterocycles. The number of rotatable bonds is 4. The second-order valence-electron chi connectivity index (χ2n) is 5.70. The largest absolute Gasteiger partial charge is 0.478 e. The number of nitrogens with two attached hydrogens (primary N) is 1. The van der Waals surface area contributed by atoms with Crippen molar-refractivity contribution in [1.29, 1.82) is 0 Å². The molecule has 0 saturated carbocycles. The van der Waals surface area contributed by atoms with Crippen LogP contribution in [0.3, 0.4) is 0 Å². The van der Waals surface area contributed by atoms with E-state index in [-0.39, 0.29) is 11.7 Å². The van der Waals surface area contributed by atoms with Crippen LogP contribution < -0.4 is 11.1 Å². The van der Waals surface area contributed by atoms with E-state index in [0.717, 1.165) is 19.7 Å². The van der Waals surface area contributed by atoms with Gasteiger partial charge in [0.1, 0.15) is 0 Å². The Kier molecular flexibility index (Phi) is 3.98. The fourth-order valence-corrected chi connectivity index (χ4v) is 3.17. The molecule has 0 radical (unpaired) electrons. The first-order valence-corrected chi connectivity index (χ1v) is 7.36. The van der Waals surface area contributed by atoms with Crippen molar-refractivity contribution >= 4 is 17.3 Å². The van der Waals surface area contributed by atoms with Crippen molar-refractivity contribution in [3.63, 3.8) is 0 Å². The molecule has 2 saturated heterocycles. The molecular weight excluding hydrogens is 270 g/mol. The maximum atomic E-state index is 11.2. The fourth-order valence-electron chi connectivity index (χ4n) is 3.17. The van der Waals surface area contributed by atoms with Gasteiger partial charge in [-0.3, -0.25) is 4.90 Å². The fraction of sp³-hybridized carbons (Fsp3) is 0.533. The van der Waals surface area contributed by atoms with E-state index in [9.17, 15) is 9.90 Å². The van der Waals surface area contributed by atoms with Gasteiger partial charge in [0.25, 0.3) is 0 Å². The van der Waals surface area contributed by atoms with Crippen LogP contribution in [-0.2, 0) is 4.74 Å². The van der Waals surface area contributed by atoms with Crippen molar-refractivity contribution in [1.82, 2.24) is 4.90 Å². The van der Waals surface area contributed by atoms with E-state index in [1.165, 1.54) is 12.8 Å². The number of hydrogen-bond donors (Lipinski definition) is 3. The third-order valence-electron chi connectivity index (χ3n) is 4.30. The molecule has 0 aliphatic carbocycles. The molecule has 6 nitrogen and oxygen atoms in total. The Labute approximate surface area is 123 Å². The van der Waals surface area contributed by atoms with E-state index < -0.39 is 5.97 Å². The molecule has 0 aromatic heterocycles. The average molecular weight is 291 g/mol. The standard InChI is InChI=1S/C15H21N3O3/c16-13-5-1-4-12(15(19)20)14(13)17-7-11-8-18-6-2-3-10(18)9-21-11/h1,4-5,10-11,17H,2-3,6-9,16H2,(H,19,20). The highest BCUT2D eigenvalue weighted by Gasteiger charge is 2.32. The number of hydrogen-bond acceptors (Lipinski definition) is 5. The molecule has 0 bridgehead atoms. The minimum Gasteiger partial charge on any atom is -0.478 e. The molecule has 3 rings (SSSR count). The Bertz CT molecular complexity index is 535. The lowest BCUT2D eigenvalue weighted by molar-refractivity contribution is -0.0415. The molecule has 114 valence electrons. The highest BCUT2D eigenvalue weighted by molar-refractivity contribution is 5.97. The Morgan fingerprint density at radius 1 is 1.52 bits per heavy atom. The zero-order chi connectivity index (χ0) is 14.8. The van der Waals surface area contributed by atoms with Crippen molar-refractivity contribution < 1.29 is 14.6 Å². The highest BCUT2D eigenvalue weighted by Crippen LogP contribution is 2.25. The molecule has 2 heterocycles. The van der Waals surface area contributed by atoms with Gasteiger partial charge in [-0.15, -0.1) is 0 Å². The van der Waals surface area contributed by atoms with Crippen LogP contribution >= 0.6 is 0 Å². The summed E-state index contributed by atoms with van der Waals surface area (Å²) in [5.41, 5.74) is 7.01. The number of ether oxygens (including phenoxy) is 1. The van der Waals surface area contributed by atoms with Crippen LogP contribution in [0.4, 0.5) is 11.4 Å². The molecule has 1 aromatic rings. The van der Waals surface area contributed by atoms with Gasteiger partial charge in [0.15, 0.2) is 0 Å². The predicted octanol–water partition coefficient (Wildman–Crippen LogP) is 1.24. The summed E-state index contributed by atoms with van der Waals surface area (Å²) >= 11 is 0. The Morgan fingerprint density at radius 3 is 3.19 bits per heavy atom. The lowest BCUT2D eigenvalue weighted by Gasteiger charge is -2.35. The van der Waals surface area contributed by atoms with Crippen molar-refractivity contribution in [3.05, 3.63) is 23.8 Å². The smallest absolute Gasteiger partial charge is 0.337 e. The van der Waals surface area contributed by atoms with Gasteiger partial charge in [0.2, 0.25) is 0 Å². The number of aromatic carboxylic acids is 1. The van der Waals surface area contributed by atoms with Crippen LogP contribution in [0.2, 0.25) is 0 Å². The molecule has 4 N–H and O–H groups in total. The van der Waals surface area contributed by atoms with Gasteiger partial charge in [-0.2, -0.15) is 0 Å². The van der Waals surface area contributed by atoms with E-state index >= 15 is 0 Å². The zero-order valence-electron chi connectivity index (χ0n) is 11.9. The summed E-state index contributed by atoms with van der Waals surface area (Å²) in [5.74, 6) is -0.978. The van der Waals surface area contributed by atoms with E-state index in [2.05, 4.69) is 10.2 Å². The summed E-state index contributed by atoms with van der Waals surface area (Å²) < 4.78 is 5.86. The summed E-state index contributed by atoms with van der Waals surface area (Å²) in [7, 11) is 0. The molecule has 2 unspecified atom stereocenters. The van der Waals surface area contributed by atoms with Gasteiger partial charge in [-0.05, 0) is 31.5 Å². The molecule has 2 fully saturated rings. The molecule has 1 aromatic carbocycles. The van der Waals surface area contributed by atoms with Crippen LogP contribution in [0.1, 0.15) is 23.2 Å². The summed E-state index contributed by atoms with van der Waals surface area (Å²) in [6.07, 6.45) is 2.53. The van der Waals surface area contributed by atoms with Crippen molar-refractivity contribution in [2.45, 2.75) is 25.0 Å². The quantitative estimate of drug-likeness (QED) is 0.724. The number of anilines is 2. The van der Waals surface area contributed by atoms with Crippen LogP contribution in [0, 0.1) is 0 Å². The molecule has 2 aliphatic rings. The van der Waals surface area contributed by atoms with Crippen molar-refractivity contribution in [2.75, 3.05) is 37.3 Å². The number of nitrogen functional groups attached to an aromatic ring is 1. The van der Waals surface area contributed by atoms with E-state index in [1.807, 2.05) is 0 Å². The van der Waals surface area contributed by atoms with Gasteiger partial charge >= 0.3 is 5.97 Å². The van der Waals surface area contributed by atoms with Gasteiger partial charge in [-0.1, -0.05) is 6.07 Å². The maximum absolute atomic E-state index is 11.2. The van der Waals surface area contributed by atoms with Gasteiger partial charge in [0, 0.05) is 19.1 Å². The number of benzene rings is 1. The highest BCUT2D eigenvalue weighted by atomic mass is 16.5. The SMILES string of the molecule is Nc1cccc(C(=O)O)c1NCC1CN2CCCC2CO1. The first-order chi connectivity index (χ1) is 10.1. The number of nitrogens with zero attached hydrogens (tertiary/aromatic N) is 1. The summed E-state index contributed by atoms with van der Waals surface area (Å²) in [4.78, 5) is 13.7. The third-order valence-corrected chi connectivity index (χ3v) is 4.30. The second kappa shape index (κ2) is 5.91. The van der Waals surface area contributed by atoms with E-state index in [0.29, 0.717) is 24.0 Å². The molecule has 0 amide bonds. The Hall–Kier alpha value is -1.79. The van der Waals surface area contributed by atoms with Crippen molar-refractivity contribution in [3.8, 4) is 0 Å². The van der Waals surface area contributed by atoms with Crippen LogP contribution in [0.5, 0.6) is 0 Å². The molecular formula is C15H21N3O3. The lowest BCUT2D eigenvalue weighted by atomic mass is 10.1. The minimum atomic E-state index is -0.978. The summed E-state index contributed by atoms with van der Waals surface area (Å²) in [6.45, 7) is 3.37. The number of nitrogens with one attached hydrogen (secondary N) is 1. The van der Waals surface area contributed by atoms with E-state index in [1.54, 1.807) is 18.2 Å². The topological polar surface area (TPSA) is 87.8 Å². The Balaban J connectivity index is 1.64. The maximum Gasteiger partial charge on any atom is 0.337 e. The minimum absolute atomic E-state index is 0.0700. The van der Waals surface area contributed by atoms with Crippen LogP contribution in [-0.4, -0.2) is 54.4 Å². The zero-order valence-corrected chi connectivity index (χ0v) is 11.9. The van der Waals surface area contributed by atoms with Gasteiger partial charge in [-0.25, -0.2) is 4.79 Å². The lowest BCUT2D eigenvalue weighted by Crippen LogP contribution is -2.48. The van der Waals surface area contributed by atoms with Crippen molar-refractivity contribution in [2.24, 2.45) is 0 Å². The number of para-hydroxylation sites is 1. The van der Waals surface area contributed by atoms with Gasteiger partial charge < -0.3 is 20.9 Å². The van der Waals surface area contributed by atoms with Crippen LogP contribution in [0.25, 0.3) is 0 Å². The average Bonchev–Trinajstić information content (AvgIpc) is 2.93. The Morgan fingerprint density at radius 2 is 2.38 bits per heavy atom. The summed E-state index contributed by atoms with van der Waals surface area (Å²) in [5, 5.41) is 12.4. The normalized spacial score (nSPS) is 25.5. The van der Waals surface area contributed by atoms with Gasteiger partial charge in [0.05, 0.1) is 29.6 Å². The first kappa shape index (κ1) is 14.2. The number of carboxylic acids is 1. The van der Waals surface area contributed by atoms with E-state index in [4.69, 9.17) is 10.5 Å². The molecule has 21 heavy (non-hydrogen) atoms. The third kappa shape index (κ3) is 2.96. The molecule has 0 spiro atoms. The first-order valence-electron chi connectivity index (χ1n) is 7.36. The second-order valence-corrected chi connectivity index (χ2v) is 5.70. The number of fused-ring (bicyclic) bond motifs is 1. The number of carbonyl (C=O) groups is 1. The predicted molar refractivity (Wildman–Crippen MR) is 80.6 cm³/mol. The van der Waals surface area contributed by atoms with Crippen LogP contribution in [0.15, 0.2) is 18.2 Å². The molecule has 2 atom stereocenters. The monoisotopic (exact) mass is 291 g/mol. The molecule has 6 heteroatoms.